The minimum Gasteiger partial charge on any atom is -0.507 e. The number of aryl methyl sites for hydroxylation is 1. The van der Waals surface area contributed by atoms with E-state index in [1.165, 1.54) is 18.2 Å². The summed E-state index contributed by atoms with van der Waals surface area (Å²) in [5.74, 6) is -1.56. The Bertz CT molecular complexity index is 803. The van der Waals surface area contributed by atoms with E-state index in [1.807, 2.05) is 20.8 Å². The summed E-state index contributed by atoms with van der Waals surface area (Å²) >= 11 is 0. The number of phenols is 1. The smallest absolute Gasteiger partial charge is 0.335 e. The highest BCUT2D eigenvalue weighted by atomic mass is 16.4. The van der Waals surface area contributed by atoms with E-state index in [4.69, 9.17) is 5.11 Å². The monoisotopic (exact) mass is 327 g/mol. The van der Waals surface area contributed by atoms with Crippen molar-refractivity contribution >= 4 is 17.6 Å². The van der Waals surface area contributed by atoms with Crippen molar-refractivity contribution in [1.82, 2.24) is 0 Å². The lowest BCUT2D eigenvalue weighted by Crippen LogP contribution is -2.16. The molecule has 0 aliphatic rings. The third-order valence-electron chi connectivity index (χ3n) is 3.83. The van der Waals surface area contributed by atoms with Gasteiger partial charge in [-0.3, -0.25) is 4.79 Å². The summed E-state index contributed by atoms with van der Waals surface area (Å²) < 4.78 is 0. The van der Waals surface area contributed by atoms with Gasteiger partial charge in [0, 0.05) is 5.69 Å². The molecular weight excluding hydrogens is 306 g/mol. The van der Waals surface area contributed by atoms with E-state index in [0.29, 0.717) is 11.3 Å². The fraction of sp³-hybridized carbons (Fsp3) is 0.263. The number of rotatable bonds is 3. The molecule has 1 amide bonds. The van der Waals surface area contributed by atoms with Gasteiger partial charge in [-0.15, -0.1) is 0 Å². The zero-order chi connectivity index (χ0) is 18.1. The molecule has 24 heavy (non-hydrogen) atoms. The van der Waals surface area contributed by atoms with Gasteiger partial charge in [0.2, 0.25) is 0 Å². The molecule has 2 aromatic carbocycles. The second-order valence-corrected chi connectivity index (χ2v) is 6.77. The maximum absolute atomic E-state index is 12.5. The van der Waals surface area contributed by atoms with Crippen LogP contribution in [0, 0.1) is 6.92 Å². The zero-order valence-electron chi connectivity index (χ0n) is 14.2. The summed E-state index contributed by atoms with van der Waals surface area (Å²) in [7, 11) is 0. The van der Waals surface area contributed by atoms with Crippen molar-refractivity contribution in [2.75, 3.05) is 5.32 Å². The van der Waals surface area contributed by atoms with Gasteiger partial charge in [-0.25, -0.2) is 4.79 Å². The molecule has 0 saturated carbocycles. The largest absolute Gasteiger partial charge is 0.507 e. The van der Waals surface area contributed by atoms with Crippen LogP contribution in [0.25, 0.3) is 0 Å². The number of carboxylic acid groups (broad SMARTS) is 1. The topological polar surface area (TPSA) is 86.6 Å². The number of hydrogen-bond acceptors (Lipinski definition) is 3. The van der Waals surface area contributed by atoms with Gasteiger partial charge >= 0.3 is 5.97 Å². The van der Waals surface area contributed by atoms with Gasteiger partial charge < -0.3 is 15.5 Å². The Hall–Kier alpha value is -2.82. The van der Waals surface area contributed by atoms with Crippen LogP contribution in [0.3, 0.4) is 0 Å². The highest BCUT2D eigenvalue weighted by Gasteiger charge is 2.19. The van der Waals surface area contributed by atoms with Crippen LogP contribution in [-0.4, -0.2) is 22.1 Å². The molecule has 2 rings (SSSR count). The van der Waals surface area contributed by atoms with Crippen molar-refractivity contribution in [3.05, 3.63) is 58.7 Å². The number of benzene rings is 2. The number of aromatic hydroxyl groups is 1. The van der Waals surface area contributed by atoms with Crippen LogP contribution in [0.1, 0.15) is 52.6 Å². The lowest BCUT2D eigenvalue weighted by molar-refractivity contribution is 0.0696. The molecule has 3 N–H and O–H groups in total. The SMILES string of the molecule is Cc1cc(C(=O)O)ccc1NC(=O)c1cc(C(C)(C)C)ccc1O. The molecule has 0 saturated heterocycles. The van der Waals surface area contributed by atoms with Gasteiger partial charge in [-0.2, -0.15) is 0 Å². The number of phenolic OH excluding ortho intramolecular Hbond substituents is 1. The fourth-order valence-electron chi connectivity index (χ4n) is 2.31. The maximum Gasteiger partial charge on any atom is 0.335 e. The Morgan fingerprint density at radius 3 is 2.25 bits per heavy atom. The van der Waals surface area contributed by atoms with Crippen molar-refractivity contribution in [3.63, 3.8) is 0 Å². The van der Waals surface area contributed by atoms with Crippen LogP contribution in [0.2, 0.25) is 0 Å². The molecule has 0 heterocycles. The van der Waals surface area contributed by atoms with Crippen molar-refractivity contribution in [1.29, 1.82) is 0 Å². The normalized spacial score (nSPS) is 11.2. The summed E-state index contributed by atoms with van der Waals surface area (Å²) in [6.45, 7) is 7.79. The van der Waals surface area contributed by atoms with E-state index >= 15 is 0 Å². The number of amides is 1. The summed E-state index contributed by atoms with van der Waals surface area (Å²) in [5, 5.41) is 21.7. The molecule has 5 nitrogen and oxygen atoms in total. The molecule has 0 fully saturated rings. The van der Waals surface area contributed by atoms with Crippen LogP contribution < -0.4 is 5.32 Å². The van der Waals surface area contributed by atoms with E-state index in [9.17, 15) is 14.7 Å². The van der Waals surface area contributed by atoms with Gasteiger partial charge in [0.15, 0.2) is 0 Å². The second-order valence-electron chi connectivity index (χ2n) is 6.77. The Balaban J connectivity index is 2.32. The first kappa shape index (κ1) is 17.5. The number of carboxylic acids is 1. The molecule has 0 aliphatic carbocycles. The van der Waals surface area contributed by atoms with Crippen LogP contribution in [0.15, 0.2) is 36.4 Å². The van der Waals surface area contributed by atoms with Gasteiger partial charge in [-0.05, 0) is 53.8 Å². The van der Waals surface area contributed by atoms with Crippen LogP contribution in [0.5, 0.6) is 5.75 Å². The number of nitrogens with one attached hydrogen (secondary N) is 1. The molecular formula is C19H21NO4. The van der Waals surface area contributed by atoms with Crippen molar-refractivity contribution in [2.24, 2.45) is 0 Å². The lowest BCUT2D eigenvalue weighted by Gasteiger charge is -2.20. The van der Waals surface area contributed by atoms with E-state index in [2.05, 4.69) is 5.32 Å². The molecule has 0 aromatic heterocycles. The third kappa shape index (κ3) is 3.74. The summed E-state index contributed by atoms with van der Waals surface area (Å²) in [4.78, 5) is 23.5. The predicted molar refractivity (Wildman–Crippen MR) is 92.9 cm³/mol. The van der Waals surface area contributed by atoms with E-state index in [0.717, 1.165) is 5.56 Å². The highest BCUT2D eigenvalue weighted by molar-refractivity contribution is 6.06. The first-order valence-corrected chi connectivity index (χ1v) is 7.58. The molecule has 0 atom stereocenters. The fourth-order valence-corrected chi connectivity index (χ4v) is 2.31. The van der Waals surface area contributed by atoms with Gasteiger partial charge in [0.1, 0.15) is 5.75 Å². The quantitative estimate of drug-likeness (QED) is 0.796. The molecule has 126 valence electrons. The Morgan fingerprint density at radius 1 is 1.04 bits per heavy atom. The standard InChI is InChI=1S/C19H21NO4/c1-11-9-12(18(23)24)5-7-15(11)20-17(22)14-10-13(19(2,3)4)6-8-16(14)21/h5-10,21H,1-4H3,(H,20,22)(H,23,24). The minimum atomic E-state index is -1.02. The minimum absolute atomic E-state index is 0.0969. The molecule has 0 radical (unpaired) electrons. The number of anilines is 1. The molecule has 0 aliphatic heterocycles. The van der Waals surface area contributed by atoms with Gasteiger partial charge in [0.05, 0.1) is 11.1 Å². The van der Waals surface area contributed by atoms with Crippen molar-refractivity contribution < 1.29 is 19.8 Å². The average molecular weight is 327 g/mol. The van der Waals surface area contributed by atoms with Gasteiger partial charge in [0.25, 0.3) is 5.91 Å². The number of aromatic carboxylic acids is 1. The van der Waals surface area contributed by atoms with Crippen LogP contribution in [-0.2, 0) is 5.41 Å². The Morgan fingerprint density at radius 2 is 1.71 bits per heavy atom. The number of carbonyl (C=O) groups excluding carboxylic acids is 1. The first-order chi connectivity index (χ1) is 11.1. The zero-order valence-corrected chi connectivity index (χ0v) is 14.2. The van der Waals surface area contributed by atoms with E-state index in [1.54, 1.807) is 25.1 Å². The number of hydrogen-bond donors (Lipinski definition) is 3. The molecule has 2 aromatic rings. The van der Waals surface area contributed by atoms with Crippen molar-refractivity contribution in [2.45, 2.75) is 33.1 Å². The Labute approximate surface area is 141 Å². The molecule has 5 heteroatoms. The maximum atomic E-state index is 12.5. The molecule has 0 unspecified atom stereocenters. The summed E-state index contributed by atoms with van der Waals surface area (Å²) in [6.07, 6.45) is 0. The van der Waals surface area contributed by atoms with Crippen molar-refractivity contribution in [3.8, 4) is 5.75 Å². The second kappa shape index (κ2) is 6.35. The third-order valence-corrected chi connectivity index (χ3v) is 3.83. The number of carbonyl (C=O) groups is 2. The lowest BCUT2D eigenvalue weighted by atomic mass is 9.86. The first-order valence-electron chi connectivity index (χ1n) is 7.58. The van der Waals surface area contributed by atoms with E-state index < -0.39 is 11.9 Å². The summed E-state index contributed by atoms with van der Waals surface area (Å²) in [6, 6.07) is 9.43. The highest BCUT2D eigenvalue weighted by Crippen LogP contribution is 2.28. The molecule has 0 bridgehead atoms. The van der Waals surface area contributed by atoms with Gasteiger partial charge in [-0.1, -0.05) is 26.8 Å². The summed E-state index contributed by atoms with van der Waals surface area (Å²) in [5.41, 5.74) is 2.26. The van der Waals surface area contributed by atoms with E-state index in [-0.39, 0.29) is 22.3 Å². The average Bonchev–Trinajstić information content (AvgIpc) is 2.48. The predicted octanol–water partition coefficient (Wildman–Crippen LogP) is 3.95. The van der Waals surface area contributed by atoms with Crippen LogP contribution in [0.4, 0.5) is 5.69 Å². The Kier molecular flexibility index (Phi) is 4.64. The van der Waals surface area contributed by atoms with Crippen LogP contribution >= 0.6 is 0 Å². The molecule has 0 spiro atoms.